The van der Waals surface area contributed by atoms with Crippen LogP contribution in [0.3, 0.4) is 0 Å². The van der Waals surface area contributed by atoms with Gasteiger partial charge in [-0.15, -0.1) is 0 Å². The Morgan fingerprint density at radius 1 is 0.184 bits per heavy atom. The summed E-state index contributed by atoms with van der Waals surface area (Å²) < 4.78 is 36.3. The summed E-state index contributed by atoms with van der Waals surface area (Å²) in [5.41, 5.74) is 20.7. The standard InChI is InChI=1S/C41H22N4O3.C41H24N4O2.C35H20N4O2/c46-40-29-22-42-41(45-30-14-5-1-10-23(30)27-20-28-24-11-3-7-17-34(24)48-37(28)21-33(27)45)43-39(29)25-12-2-6-15-31(25)44(40)32-16-9-19-36-38(32)26-13-4-8-18-35(26)47-36;46-40-33-24-42-41(43-39(33)30-14-5-8-16-35(30)44(40)27-10-2-1-3-11-27)45-34-15-7-4-12-28(34)31-22-25(18-20-36(31)45)26-19-21-38-32(23-26)29-13-6-9-17-37(29)47-38;40-34-27-20-36-35(37-33(27)24-14-5-8-16-29(24)38(34)21-10-2-1-3-11-21)39-28-15-7-4-12-22(28)25-18-26-23-13-6-9-17-31(23)41-32(26)19-30(25)39/h1-22H;1-24H;1-20H. The third kappa shape index (κ3) is 11.4. The Hall–Kier alpha value is -19.0. The van der Waals surface area contributed by atoms with Gasteiger partial charge in [-0.05, 0) is 145 Å². The Bertz CT molecular complexity index is 10600. The van der Waals surface area contributed by atoms with Gasteiger partial charge in [-0.2, -0.15) is 0 Å². The maximum atomic E-state index is 14.5. The zero-order chi connectivity index (χ0) is 89.6. The molecule has 0 spiro atoms. The average Bonchev–Trinajstić information content (AvgIpc) is 1.64. The van der Waals surface area contributed by atoms with Crippen LogP contribution in [0.15, 0.2) is 433 Å². The lowest BCUT2D eigenvalue weighted by atomic mass is 10.0. The number of rotatable bonds is 7. The van der Waals surface area contributed by atoms with Crippen molar-refractivity contribution in [3.63, 3.8) is 0 Å². The third-order valence-corrected chi connectivity index (χ3v) is 26.8. The second-order valence-corrected chi connectivity index (χ2v) is 34.2. The predicted octanol–water partition coefficient (Wildman–Crippen LogP) is 27.4. The summed E-state index contributed by atoms with van der Waals surface area (Å²) >= 11 is 0. The van der Waals surface area contributed by atoms with Crippen molar-refractivity contribution in [2.24, 2.45) is 0 Å². The fraction of sp³-hybridized carbons (Fsp3) is 0. The lowest BCUT2D eigenvalue weighted by Crippen LogP contribution is -2.20. The fourth-order valence-corrected chi connectivity index (χ4v) is 20.8. The Morgan fingerprint density at radius 2 is 0.478 bits per heavy atom. The monoisotopic (exact) mass is 1750 g/mol. The second kappa shape index (κ2) is 29.5. The van der Waals surface area contributed by atoms with Crippen molar-refractivity contribution in [2.75, 3.05) is 0 Å². The summed E-state index contributed by atoms with van der Waals surface area (Å²) in [5, 5.41) is 18.9. The van der Waals surface area contributed by atoms with E-state index < -0.39 is 0 Å². The van der Waals surface area contributed by atoms with Gasteiger partial charge >= 0.3 is 0 Å². The number of aromatic nitrogens is 12. The molecule has 0 N–H and O–H groups in total. The number of nitrogens with zero attached hydrogens (tertiary/aromatic N) is 12. The van der Waals surface area contributed by atoms with E-state index in [2.05, 4.69) is 135 Å². The van der Waals surface area contributed by atoms with Crippen LogP contribution < -0.4 is 16.7 Å². The van der Waals surface area contributed by atoms with Crippen LogP contribution in [0.1, 0.15) is 0 Å². The number of benzene rings is 17. The lowest BCUT2D eigenvalue weighted by Gasteiger charge is -2.14. The zero-order valence-electron chi connectivity index (χ0n) is 71.8. The van der Waals surface area contributed by atoms with Gasteiger partial charge in [0.1, 0.15) is 44.7 Å². The van der Waals surface area contributed by atoms with E-state index in [9.17, 15) is 14.4 Å². The molecule has 17 aromatic carbocycles. The van der Waals surface area contributed by atoms with E-state index in [1.54, 1.807) is 32.3 Å². The summed E-state index contributed by atoms with van der Waals surface area (Å²) in [6.07, 6.45) is 4.99. The summed E-state index contributed by atoms with van der Waals surface area (Å²) in [6.45, 7) is 0. The Kier molecular flexibility index (Phi) is 16.5. The van der Waals surface area contributed by atoms with Gasteiger partial charge in [0.05, 0.1) is 93.4 Å². The number of hydrogen-bond acceptors (Lipinski definition) is 13. The first kappa shape index (κ1) is 75.9. The molecular weight excluding hydrogens is 1690 g/mol. The van der Waals surface area contributed by atoms with Crippen molar-refractivity contribution in [1.29, 1.82) is 0 Å². The molecule has 0 aliphatic carbocycles. The van der Waals surface area contributed by atoms with Crippen LogP contribution in [-0.2, 0) is 0 Å². The molecule has 13 aromatic heterocycles. The van der Waals surface area contributed by atoms with E-state index in [0.29, 0.717) is 50.6 Å². The minimum atomic E-state index is -0.195. The molecule has 136 heavy (non-hydrogen) atoms. The van der Waals surface area contributed by atoms with Crippen LogP contribution in [0.5, 0.6) is 0 Å². The molecule has 19 heteroatoms. The van der Waals surface area contributed by atoms with Crippen LogP contribution in [0.2, 0.25) is 0 Å². The quantitative estimate of drug-likeness (QED) is 0.136. The van der Waals surface area contributed by atoms with Crippen molar-refractivity contribution in [1.82, 2.24) is 57.3 Å². The zero-order valence-corrected chi connectivity index (χ0v) is 71.8. The summed E-state index contributed by atoms with van der Waals surface area (Å²) in [5.74, 6) is 1.50. The highest BCUT2D eigenvalue weighted by molar-refractivity contribution is 6.21. The number of furan rings is 4. The van der Waals surface area contributed by atoms with E-state index in [4.69, 9.17) is 47.6 Å². The molecule has 0 bridgehead atoms. The molecule has 0 unspecified atom stereocenters. The van der Waals surface area contributed by atoms with Crippen molar-refractivity contribution >= 4 is 219 Å². The molecule has 0 aliphatic heterocycles. The minimum absolute atomic E-state index is 0.148. The molecule has 0 aliphatic rings. The molecule has 0 radical (unpaired) electrons. The molecule has 30 rings (SSSR count). The Labute approximate surface area is 766 Å². The maximum absolute atomic E-state index is 14.5. The van der Waals surface area contributed by atoms with Crippen LogP contribution in [0.25, 0.3) is 265 Å². The number of pyridine rings is 3. The van der Waals surface area contributed by atoms with E-state index in [-0.39, 0.29) is 16.7 Å². The summed E-state index contributed by atoms with van der Waals surface area (Å²) in [4.78, 5) is 72.1. The van der Waals surface area contributed by atoms with Gasteiger partial charge in [0.25, 0.3) is 16.7 Å². The predicted molar refractivity (Wildman–Crippen MR) is 545 cm³/mol. The first-order valence-electron chi connectivity index (χ1n) is 44.8. The number of fused-ring (bicyclic) bond motifs is 30. The van der Waals surface area contributed by atoms with Crippen LogP contribution in [0.4, 0.5) is 0 Å². The molecule has 30 aromatic rings. The molecule has 0 saturated heterocycles. The molecule has 0 amide bonds. The van der Waals surface area contributed by atoms with Gasteiger partial charge in [-0.1, -0.05) is 237 Å². The van der Waals surface area contributed by atoms with Gasteiger partial charge in [0.2, 0.25) is 17.8 Å². The second-order valence-electron chi connectivity index (χ2n) is 34.2. The van der Waals surface area contributed by atoms with Crippen LogP contribution in [0, 0.1) is 0 Å². The highest BCUT2D eigenvalue weighted by atomic mass is 16.3. The van der Waals surface area contributed by atoms with E-state index in [1.807, 2.05) is 261 Å². The Balaban J connectivity index is 0.000000101. The first-order valence-corrected chi connectivity index (χ1v) is 44.8. The Morgan fingerprint density at radius 3 is 0.919 bits per heavy atom. The van der Waals surface area contributed by atoms with E-state index in [0.717, 1.165) is 214 Å². The van der Waals surface area contributed by atoms with E-state index in [1.165, 1.54) is 0 Å². The van der Waals surface area contributed by atoms with Gasteiger partial charge in [0, 0.05) is 128 Å². The highest BCUT2D eigenvalue weighted by Crippen LogP contribution is 2.44. The third-order valence-electron chi connectivity index (χ3n) is 26.8. The molecule has 0 fully saturated rings. The van der Waals surface area contributed by atoms with Crippen molar-refractivity contribution in [2.45, 2.75) is 0 Å². The lowest BCUT2D eigenvalue weighted by molar-refractivity contribution is 0.668. The number of hydrogen-bond donors (Lipinski definition) is 0. The van der Waals surface area contributed by atoms with Crippen molar-refractivity contribution in [3.8, 4) is 46.0 Å². The first-order chi connectivity index (χ1) is 67.2. The number of para-hydroxylation sites is 12. The van der Waals surface area contributed by atoms with Crippen LogP contribution in [-0.4, -0.2) is 57.3 Å². The summed E-state index contributed by atoms with van der Waals surface area (Å²) in [7, 11) is 0. The maximum Gasteiger partial charge on any atom is 0.266 e. The molecule has 0 atom stereocenters. The largest absolute Gasteiger partial charge is 0.456 e. The van der Waals surface area contributed by atoms with Gasteiger partial charge in [0.15, 0.2) is 0 Å². The topological polar surface area (TPSA) is 211 Å². The van der Waals surface area contributed by atoms with Gasteiger partial charge in [-0.3, -0.25) is 41.8 Å². The van der Waals surface area contributed by atoms with Crippen LogP contribution >= 0.6 is 0 Å². The van der Waals surface area contributed by atoms with Crippen molar-refractivity contribution in [3.05, 3.63) is 432 Å². The average molecular weight is 1750 g/mol. The van der Waals surface area contributed by atoms with Gasteiger partial charge < -0.3 is 17.7 Å². The molecular formula is C117H66N12O7. The normalized spacial score (nSPS) is 12.1. The molecule has 19 nitrogen and oxygen atoms in total. The SMILES string of the molecule is O=c1c2cnc(-n3c4ccccc4c4cc(-c5ccc6oc7ccccc7c6c5)ccc43)nc2c2ccccc2n1-c1ccccc1.O=c1c2cnc(-n3c4ccccc4c4cc5c(cc43)oc3ccccc35)nc2c2ccccc2n1-c1cccc2oc3ccccc3c12.O=c1c2cnc(-n3c4ccccc4c4cc5c(cc43)oc3ccccc35)nc2c2ccccc2n1-c1ccccc1. The smallest absolute Gasteiger partial charge is 0.266 e. The molecule has 13 heterocycles. The minimum Gasteiger partial charge on any atom is -0.456 e. The van der Waals surface area contributed by atoms with E-state index >= 15 is 0 Å². The van der Waals surface area contributed by atoms with Gasteiger partial charge in [-0.25, -0.2) is 29.9 Å². The summed E-state index contributed by atoms with van der Waals surface area (Å²) in [6, 6.07) is 128. The molecule has 0 saturated carbocycles. The highest BCUT2D eigenvalue weighted by Gasteiger charge is 2.27. The fourth-order valence-electron chi connectivity index (χ4n) is 20.8. The molecule has 636 valence electrons. The van der Waals surface area contributed by atoms with Crippen molar-refractivity contribution < 1.29 is 17.7 Å².